The average molecular weight is 289 g/mol. The van der Waals surface area contributed by atoms with Gasteiger partial charge in [-0.1, -0.05) is 19.1 Å². The van der Waals surface area contributed by atoms with Crippen molar-refractivity contribution in [3.8, 4) is 5.75 Å². The third kappa shape index (κ3) is 3.81. The molecule has 0 saturated carbocycles. The molecule has 1 heterocycles. The Bertz CT molecular complexity index is 563. The molecule has 2 aromatic rings. The van der Waals surface area contributed by atoms with E-state index < -0.39 is 0 Å². The van der Waals surface area contributed by atoms with E-state index in [9.17, 15) is 0 Å². The lowest BCUT2D eigenvalue weighted by atomic mass is 10.2. The molecule has 1 aromatic heterocycles. The molecule has 0 saturated heterocycles. The molecular formula is C15H19N3OS. The highest BCUT2D eigenvalue weighted by Gasteiger charge is 2.02. The van der Waals surface area contributed by atoms with E-state index in [-0.39, 0.29) is 0 Å². The van der Waals surface area contributed by atoms with Gasteiger partial charge in [0.05, 0.1) is 6.54 Å². The van der Waals surface area contributed by atoms with Gasteiger partial charge in [0, 0.05) is 24.4 Å². The summed E-state index contributed by atoms with van der Waals surface area (Å²) in [6.45, 7) is 3.56. The van der Waals surface area contributed by atoms with Gasteiger partial charge in [0.1, 0.15) is 23.2 Å². The second kappa shape index (κ2) is 7.05. The van der Waals surface area contributed by atoms with E-state index in [0.717, 1.165) is 36.5 Å². The zero-order chi connectivity index (χ0) is 14.4. The number of imidazole rings is 1. The van der Waals surface area contributed by atoms with Crippen LogP contribution < -0.4 is 10.5 Å². The van der Waals surface area contributed by atoms with E-state index in [1.165, 1.54) is 0 Å². The summed E-state index contributed by atoms with van der Waals surface area (Å²) in [6, 6.07) is 7.51. The van der Waals surface area contributed by atoms with Gasteiger partial charge in [0.15, 0.2) is 0 Å². The Balaban J connectivity index is 1.86. The van der Waals surface area contributed by atoms with Crippen LogP contribution in [0.2, 0.25) is 0 Å². The van der Waals surface area contributed by atoms with Crippen molar-refractivity contribution >= 4 is 17.2 Å². The Morgan fingerprint density at radius 2 is 2.10 bits per heavy atom. The van der Waals surface area contributed by atoms with Crippen LogP contribution in [0.4, 0.5) is 0 Å². The average Bonchev–Trinajstić information content (AvgIpc) is 2.87. The first kappa shape index (κ1) is 14.5. The monoisotopic (exact) mass is 289 g/mol. The number of nitrogens with two attached hydrogens (primary N) is 1. The first-order valence-corrected chi connectivity index (χ1v) is 7.14. The molecular weight excluding hydrogens is 270 g/mol. The number of rotatable bonds is 7. The van der Waals surface area contributed by atoms with Gasteiger partial charge in [-0.3, -0.25) is 0 Å². The minimum absolute atomic E-state index is 0.402. The molecule has 20 heavy (non-hydrogen) atoms. The molecule has 2 N–H and O–H groups in total. The predicted molar refractivity (Wildman–Crippen MR) is 84.0 cm³/mol. The number of aromatic nitrogens is 2. The molecule has 4 nitrogen and oxygen atoms in total. The lowest BCUT2D eigenvalue weighted by molar-refractivity contribution is 0.296. The van der Waals surface area contributed by atoms with Gasteiger partial charge in [-0.25, -0.2) is 4.98 Å². The quantitative estimate of drug-likeness (QED) is 0.796. The van der Waals surface area contributed by atoms with Crippen molar-refractivity contribution < 1.29 is 4.74 Å². The zero-order valence-electron chi connectivity index (χ0n) is 11.6. The van der Waals surface area contributed by atoms with Gasteiger partial charge >= 0.3 is 0 Å². The minimum Gasteiger partial charge on any atom is -0.492 e. The highest BCUT2D eigenvalue weighted by molar-refractivity contribution is 7.80. The van der Waals surface area contributed by atoms with Crippen LogP contribution in [-0.4, -0.2) is 21.1 Å². The Morgan fingerprint density at radius 1 is 1.35 bits per heavy atom. The fourth-order valence-corrected chi connectivity index (χ4v) is 2.11. The number of thiocarbonyl (C=S) groups is 1. The first-order valence-electron chi connectivity index (χ1n) is 6.73. The number of hydrogen-bond donors (Lipinski definition) is 1. The van der Waals surface area contributed by atoms with Crippen LogP contribution in [0.3, 0.4) is 0 Å². The molecule has 0 amide bonds. The Hall–Kier alpha value is -1.88. The molecule has 0 bridgehead atoms. The summed E-state index contributed by atoms with van der Waals surface area (Å²) < 4.78 is 7.85. The van der Waals surface area contributed by atoms with Crippen LogP contribution >= 0.6 is 12.2 Å². The summed E-state index contributed by atoms with van der Waals surface area (Å²) in [6.07, 6.45) is 5.92. The van der Waals surface area contributed by atoms with E-state index in [1.807, 2.05) is 36.7 Å². The maximum atomic E-state index is 5.71. The molecule has 0 unspecified atom stereocenters. The van der Waals surface area contributed by atoms with E-state index in [2.05, 4.69) is 16.5 Å². The largest absolute Gasteiger partial charge is 0.492 e. The highest BCUT2D eigenvalue weighted by Crippen LogP contribution is 2.12. The van der Waals surface area contributed by atoms with Gasteiger partial charge in [0.25, 0.3) is 0 Å². The third-order valence-corrected chi connectivity index (χ3v) is 3.25. The summed E-state index contributed by atoms with van der Waals surface area (Å²) in [4.78, 5) is 4.74. The SMILES string of the molecule is CCCc1nccn1CCOc1ccc(C(N)=S)cc1. The maximum absolute atomic E-state index is 5.71. The molecule has 0 spiro atoms. The molecule has 0 atom stereocenters. The number of aryl methyl sites for hydroxylation is 1. The highest BCUT2D eigenvalue weighted by atomic mass is 32.1. The minimum atomic E-state index is 0.402. The zero-order valence-corrected chi connectivity index (χ0v) is 12.4. The van der Waals surface area contributed by atoms with Crippen LogP contribution in [0.25, 0.3) is 0 Å². The Labute approximate surface area is 124 Å². The van der Waals surface area contributed by atoms with Gasteiger partial charge in [-0.2, -0.15) is 0 Å². The summed E-state index contributed by atoms with van der Waals surface area (Å²) in [5.74, 6) is 1.93. The van der Waals surface area contributed by atoms with Gasteiger partial charge in [-0.05, 0) is 30.7 Å². The van der Waals surface area contributed by atoms with Crippen LogP contribution in [0.5, 0.6) is 5.75 Å². The van der Waals surface area contributed by atoms with Crippen LogP contribution in [-0.2, 0) is 13.0 Å². The van der Waals surface area contributed by atoms with Gasteiger partial charge in [0.2, 0.25) is 0 Å². The molecule has 0 aliphatic heterocycles. The molecule has 2 rings (SSSR count). The second-order valence-electron chi connectivity index (χ2n) is 4.52. The third-order valence-electron chi connectivity index (χ3n) is 3.02. The van der Waals surface area contributed by atoms with Crippen molar-refractivity contribution in [2.24, 2.45) is 5.73 Å². The Kier molecular flexibility index (Phi) is 5.12. The lowest BCUT2D eigenvalue weighted by Gasteiger charge is -2.09. The van der Waals surface area contributed by atoms with Crippen LogP contribution in [0.1, 0.15) is 24.7 Å². The van der Waals surface area contributed by atoms with E-state index in [4.69, 9.17) is 22.7 Å². The molecule has 0 radical (unpaired) electrons. The second-order valence-corrected chi connectivity index (χ2v) is 4.96. The van der Waals surface area contributed by atoms with Crippen LogP contribution in [0.15, 0.2) is 36.7 Å². The van der Waals surface area contributed by atoms with Gasteiger partial charge in [-0.15, -0.1) is 0 Å². The number of nitrogens with zero attached hydrogens (tertiary/aromatic N) is 2. The molecule has 1 aromatic carbocycles. The molecule has 0 fully saturated rings. The number of hydrogen-bond acceptors (Lipinski definition) is 3. The normalized spacial score (nSPS) is 10.4. The van der Waals surface area contributed by atoms with Gasteiger partial charge < -0.3 is 15.0 Å². The maximum Gasteiger partial charge on any atom is 0.119 e. The van der Waals surface area contributed by atoms with Crippen molar-refractivity contribution in [2.75, 3.05) is 6.61 Å². The summed E-state index contributed by atoms with van der Waals surface area (Å²) >= 11 is 4.91. The Morgan fingerprint density at radius 3 is 2.75 bits per heavy atom. The number of ether oxygens (including phenoxy) is 1. The lowest BCUT2D eigenvalue weighted by Crippen LogP contribution is -2.11. The summed E-state index contributed by atoms with van der Waals surface area (Å²) in [5.41, 5.74) is 6.41. The molecule has 5 heteroatoms. The predicted octanol–water partition coefficient (Wildman–Crippen LogP) is 2.55. The topological polar surface area (TPSA) is 53.1 Å². The van der Waals surface area contributed by atoms with Crippen molar-refractivity contribution in [1.82, 2.24) is 9.55 Å². The van der Waals surface area contributed by atoms with E-state index >= 15 is 0 Å². The fourth-order valence-electron chi connectivity index (χ4n) is 1.97. The molecule has 106 valence electrons. The number of benzene rings is 1. The van der Waals surface area contributed by atoms with Crippen molar-refractivity contribution in [3.05, 3.63) is 48.0 Å². The smallest absolute Gasteiger partial charge is 0.119 e. The summed E-state index contributed by atoms with van der Waals surface area (Å²) in [5, 5.41) is 0. The van der Waals surface area contributed by atoms with E-state index in [0.29, 0.717) is 11.6 Å². The van der Waals surface area contributed by atoms with Crippen molar-refractivity contribution in [2.45, 2.75) is 26.3 Å². The molecule has 0 aliphatic rings. The molecule has 0 aliphatic carbocycles. The van der Waals surface area contributed by atoms with Crippen molar-refractivity contribution in [3.63, 3.8) is 0 Å². The van der Waals surface area contributed by atoms with Crippen LogP contribution in [0, 0.1) is 0 Å². The fraction of sp³-hybridized carbons (Fsp3) is 0.333. The van der Waals surface area contributed by atoms with E-state index in [1.54, 1.807) is 0 Å². The summed E-state index contributed by atoms with van der Waals surface area (Å²) in [7, 11) is 0. The standard InChI is InChI=1S/C15H19N3OS/c1-2-3-14-17-8-9-18(14)10-11-19-13-6-4-12(5-7-13)15(16)20/h4-9H,2-3,10-11H2,1H3,(H2,16,20). The van der Waals surface area contributed by atoms with Crippen molar-refractivity contribution in [1.29, 1.82) is 0 Å². The first-order chi connectivity index (χ1) is 9.70.